The summed E-state index contributed by atoms with van der Waals surface area (Å²) < 4.78 is 11.2. The zero-order chi connectivity index (χ0) is 26.6. The molecule has 0 bridgehead atoms. The number of anilines is 2. The Bertz CT molecular complexity index is 1580. The minimum Gasteiger partial charge on any atom is -0.431 e. The minimum atomic E-state index is -0.277. The average molecular weight is 553 g/mol. The maximum Gasteiger partial charge on any atom is 0.292 e. The van der Waals surface area contributed by atoms with Crippen LogP contribution in [-0.2, 0) is 6.42 Å². The van der Waals surface area contributed by atoms with Crippen LogP contribution in [0.1, 0.15) is 11.1 Å². The molecule has 0 atom stereocenters. The van der Waals surface area contributed by atoms with Gasteiger partial charge < -0.3 is 19.5 Å². The molecule has 0 fully saturated rings. The molecule has 0 aliphatic carbocycles. The summed E-state index contributed by atoms with van der Waals surface area (Å²) in [4.78, 5) is 33.4. The van der Waals surface area contributed by atoms with Crippen LogP contribution in [0.5, 0.6) is 0 Å². The first-order valence-electron chi connectivity index (χ1n) is 11.9. The Morgan fingerprint density at radius 3 is 1.41 bits per heavy atom. The number of oxazole rings is 2. The predicted molar refractivity (Wildman–Crippen MR) is 153 cm³/mol. The molecule has 6 aromatic rings. The van der Waals surface area contributed by atoms with E-state index in [0.29, 0.717) is 50.4 Å². The van der Waals surface area contributed by atoms with Gasteiger partial charge in [0.1, 0.15) is 11.0 Å². The molecule has 8 nitrogen and oxygen atoms in total. The van der Waals surface area contributed by atoms with Crippen LogP contribution in [0.15, 0.2) is 116 Å². The van der Waals surface area contributed by atoms with E-state index in [1.165, 1.54) is 0 Å². The molecule has 2 heterocycles. The Labute approximate surface area is 231 Å². The molecule has 0 saturated carbocycles. The molecule has 2 aromatic heterocycles. The SMILES string of the molecule is O=C(Nc1ccc(Cc2ccc(NC(=O)Sc3nc4ccccc4o3)cc2)cc1)Sc1nc2ccccc2o1. The first kappa shape index (κ1) is 24.8. The lowest BCUT2D eigenvalue weighted by Gasteiger charge is -2.07. The number of rotatable bonds is 6. The number of benzene rings is 4. The Kier molecular flexibility index (Phi) is 7.03. The predicted octanol–water partition coefficient (Wildman–Crippen LogP) is 8.21. The fraction of sp³-hybridized carbons (Fsp3) is 0.0345. The number of hydrogen-bond donors (Lipinski definition) is 2. The van der Waals surface area contributed by atoms with Gasteiger partial charge in [-0.25, -0.2) is 9.97 Å². The smallest absolute Gasteiger partial charge is 0.292 e. The lowest BCUT2D eigenvalue weighted by molar-refractivity contribution is 0.268. The van der Waals surface area contributed by atoms with Gasteiger partial charge in [-0.1, -0.05) is 48.5 Å². The quantitative estimate of drug-likeness (QED) is 0.199. The third-order valence-corrected chi connectivity index (χ3v) is 6.99. The van der Waals surface area contributed by atoms with Gasteiger partial charge in [0, 0.05) is 34.9 Å². The van der Waals surface area contributed by atoms with Crippen molar-refractivity contribution in [2.45, 2.75) is 16.9 Å². The highest BCUT2D eigenvalue weighted by Gasteiger charge is 2.13. The molecule has 0 saturated heterocycles. The van der Waals surface area contributed by atoms with E-state index in [9.17, 15) is 9.59 Å². The molecule has 4 aromatic carbocycles. The molecular weight excluding hydrogens is 532 g/mol. The lowest BCUT2D eigenvalue weighted by Crippen LogP contribution is -2.05. The van der Waals surface area contributed by atoms with Crippen molar-refractivity contribution in [3.05, 3.63) is 108 Å². The molecule has 6 rings (SSSR count). The molecule has 0 radical (unpaired) electrons. The van der Waals surface area contributed by atoms with Crippen molar-refractivity contribution in [3.8, 4) is 0 Å². The first-order chi connectivity index (χ1) is 19.1. The van der Waals surface area contributed by atoms with E-state index >= 15 is 0 Å². The van der Waals surface area contributed by atoms with Crippen LogP contribution in [0.2, 0.25) is 0 Å². The minimum absolute atomic E-state index is 0.277. The monoisotopic (exact) mass is 552 g/mol. The van der Waals surface area contributed by atoms with E-state index in [4.69, 9.17) is 8.83 Å². The Morgan fingerprint density at radius 2 is 1.00 bits per heavy atom. The molecule has 39 heavy (non-hydrogen) atoms. The second-order valence-electron chi connectivity index (χ2n) is 8.49. The van der Waals surface area contributed by atoms with Crippen LogP contribution in [0.4, 0.5) is 21.0 Å². The maximum absolute atomic E-state index is 12.4. The highest BCUT2D eigenvalue weighted by molar-refractivity contribution is 8.14. The van der Waals surface area contributed by atoms with E-state index in [1.807, 2.05) is 97.1 Å². The summed E-state index contributed by atoms with van der Waals surface area (Å²) in [5.41, 5.74) is 6.25. The van der Waals surface area contributed by atoms with Crippen molar-refractivity contribution in [1.82, 2.24) is 9.97 Å². The number of aromatic nitrogens is 2. The van der Waals surface area contributed by atoms with Gasteiger partial charge in [-0.2, -0.15) is 0 Å². The van der Waals surface area contributed by atoms with Crippen LogP contribution in [0, 0.1) is 0 Å². The number of nitrogens with one attached hydrogen (secondary N) is 2. The highest BCUT2D eigenvalue weighted by atomic mass is 32.2. The summed E-state index contributed by atoms with van der Waals surface area (Å²) in [6.45, 7) is 0. The Balaban J connectivity index is 0.999. The van der Waals surface area contributed by atoms with Crippen molar-refractivity contribution in [2.75, 3.05) is 10.6 Å². The number of fused-ring (bicyclic) bond motifs is 2. The number of nitrogens with zero attached hydrogens (tertiary/aromatic N) is 2. The van der Waals surface area contributed by atoms with Crippen molar-refractivity contribution in [1.29, 1.82) is 0 Å². The molecule has 0 aliphatic rings. The lowest BCUT2D eigenvalue weighted by atomic mass is 10.0. The second-order valence-corrected chi connectivity index (χ2v) is 10.3. The molecule has 2 N–H and O–H groups in total. The van der Waals surface area contributed by atoms with Crippen LogP contribution in [0.3, 0.4) is 0 Å². The van der Waals surface area contributed by atoms with E-state index in [2.05, 4.69) is 20.6 Å². The zero-order valence-electron chi connectivity index (χ0n) is 20.3. The standard InChI is InChI=1S/C29H20N4O4S2/c34-26(38-28-32-22-5-1-3-7-24(22)36-28)30-20-13-9-18(10-14-20)17-19-11-15-21(16-12-19)31-27(35)39-29-33-23-6-2-4-8-25(23)37-29/h1-16H,17H2,(H,30,34)(H,31,35). The van der Waals surface area contributed by atoms with Crippen molar-refractivity contribution in [2.24, 2.45) is 0 Å². The van der Waals surface area contributed by atoms with Crippen molar-refractivity contribution in [3.63, 3.8) is 0 Å². The molecule has 192 valence electrons. The van der Waals surface area contributed by atoms with Crippen molar-refractivity contribution >= 4 is 67.6 Å². The van der Waals surface area contributed by atoms with Crippen LogP contribution in [0.25, 0.3) is 22.2 Å². The number of para-hydroxylation sites is 4. The molecular formula is C29H20N4O4S2. The van der Waals surface area contributed by atoms with E-state index in [-0.39, 0.29) is 10.5 Å². The summed E-state index contributed by atoms with van der Waals surface area (Å²) >= 11 is 1.82. The summed E-state index contributed by atoms with van der Waals surface area (Å²) in [6.07, 6.45) is 0.706. The van der Waals surface area contributed by atoms with Gasteiger partial charge in [0.05, 0.1) is 0 Å². The summed E-state index contributed by atoms with van der Waals surface area (Å²) in [6, 6.07) is 30.1. The number of amides is 2. The Morgan fingerprint density at radius 1 is 0.590 bits per heavy atom. The topological polar surface area (TPSA) is 110 Å². The fourth-order valence-electron chi connectivity index (χ4n) is 3.88. The maximum atomic E-state index is 12.4. The third kappa shape index (κ3) is 6.14. The molecule has 0 aliphatic heterocycles. The van der Waals surface area contributed by atoms with E-state index in [1.54, 1.807) is 0 Å². The molecule has 0 spiro atoms. The fourth-order valence-corrected chi connectivity index (χ4v) is 5.09. The zero-order valence-corrected chi connectivity index (χ0v) is 21.9. The number of carbonyl (C=O) groups excluding carboxylic acids is 2. The van der Waals surface area contributed by atoms with Gasteiger partial charge in [-0.3, -0.25) is 9.59 Å². The van der Waals surface area contributed by atoms with Gasteiger partial charge in [-0.15, -0.1) is 0 Å². The molecule has 10 heteroatoms. The van der Waals surface area contributed by atoms with Gasteiger partial charge in [-0.05, 0) is 66.1 Å². The number of hydrogen-bond acceptors (Lipinski definition) is 8. The highest BCUT2D eigenvalue weighted by Crippen LogP contribution is 2.26. The van der Waals surface area contributed by atoms with Crippen LogP contribution in [-0.4, -0.2) is 20.4 Å². The first-order valence-corrected chi connectivity index (χ1v) is 13.6. The van der Waals surface area contributed by atoms with Gasteiger partial charge in [0.25, 0.3) is 20.9 Å². The summed E-state index contributed by atoms with van der Waals surface area (Å²) in [5, 5.41) is 5.74. The van der Waals surface area contributed by atoms with E-state index < -0.39 is 0 Å². The van der Waals surface area contributed by atoms with E-state index in [0.717, 1.165) is 34.7 Å². The molecule has 0 unspecified atom stereocenters. The summed E-state index contributed by atoms with van der Waals surface area (Å²) in [7, 11) is 0. The normalized spacial score (nSPS) is 11.1. The van der Waals surface area contributed by atoms with Gasteiger partial charge in [0.2, 0.25) is 0 Å². The van der Waals surface area contributed by atoms with Crippen molar-refractivity contribution < 1.29 is 18.4 Å². The number of thioether (sulfide) groups is 2. The number of carbonyl (C=O) groups is 2. The third-order valence-electron chi connectivity index (χ3n) is 5.72. The largest absolute Gasteiger partial charge is 0.431 e. The summed E-state index contributed by atoms with van der Waals surface area (Å²) in [5.74, 6) is 0. The van der Waals surface area contributed by atoms with Crippen LogP contribution < -0.4 is 10.6 Å². The van der Waals surface area contributed by atoms with Gasteiger partial charge in [0.15, 0.2) is 11.2 Å². The van der Waals surface area contributed by atoms with Crippen LogP contribution >= 0.6 is 23.5 Å². The average Bonchev–Trinajstić information content (AvgIpc) is 3.53. The second kappa shape index (κ2) is 11.1. The Hall–Kier alpha value is -4.54. The van der Waals surface area contributed by atoms with Gasteiger partial charge >= 0.3 is 0 Å². The molecule has 2 amide bonds.